The predicted molar refractivity (Wildman–Crippen MR) is 105 cm³/mol. The Balaban J connectivity index is 1.73. The van der Waals surface area contributed by atoms with Gasteiger partial charge in [-0.2, -0.15) is 0 Å². The monoisotopic (exact) mass is 365 g/mol. The summed E-state index contributed by atoms with van der Waals surface area (Å²) in [5, 5.41) is 4.18. The number of hydrogen-bond acceptors (Lipinski definition) is 3. The summed E-state index contributed by atoms with van der Waals surface area (Å²) in [6.07, 6.45) is 1.88. The molecule has 2 aromatic carbocycles. The molecule has 0 atom stereocenters. The molecule has 3 aromatic rings. The van der Waals surface area contributed by atoms with Crippen molar-refractivity contribution in [3.8, 4) is 0 Å². The van der Waals surface area contributed by atoms with Crippen LogP contribution in [0.2, 0.25) is 0 Å². The van der Waals surface area contributed by atoms with Gasteiger partial charge < -0.3 is 9.88 Å². The van der Waals surface area contributed by atoms with Crippen molar-refractivity contribution in [2.45, 2.75) is 6.92 Å². The third-order valence-corrected chi connectivity index (χ3v) is 5.36. The number of aromatic nitrogens is 1. The van der Waals surface area contributed by atoms with Crippen LogP contribution in [0, 0.1) is 12.7 Å². The number of aliphatic imine (C=N–C) groups is 1. The van der Waals surface area contributed by atoms with Crippen LogP contribution < -0.4 is 5.32 Å². The van der Waals surface area contributed by atoms with E-state index in [0.717, 1.165) is 22.2 Å². The normalized spacial score (nSPS) is 17.4. The Kier molecular flexibility index (Phi) is 4.12. The number of thioether (sulfide) groups is 1. The Morgan fingerprint density at radius 2 is 1.88 bits per heavy atom. The molecule has 4 nitrogen and oxygen atoms in total. The van der Waals surface area contributed by atoms with E-state index in [-0.39, 0.29) is 11.6 Å². The fourth-order valence-electron chi connectivity index (χ4n) is 3.00. The number of carbonyl (C=O) groups is 1. The number of nitrogens with one attached hydrogen (secondary N) is 1. The van der Waals surface area contributed by atoms with Crippen LogP contribution in [0.4, 0.5) is 10.1 Å². The van der Waals surface area contributed by atoms with E-state index in [2.05, 4.69) is 20.9 Å². The standard InChI is InChI=1S/C20H16FN3OS/c1-12-14(13-7-3-6-10-17(13)24(12)2)11-18-19(25)23-20(26-18)22-16-9-5-4-8-15(16)21/h3-11H,1-2H3,(H,22,23,25)/b18-11-. The number of amidine groups is 1. The van der Waals surface area contributed by atoms with Crippen molar-refractivity contribution in [2.24, 2.45) is 12.0 Å². The van der Waals surface area contributed by atoms with E-state index < -0.39 is 5.82 Å². The number of amides is 1. The fraction of sp³-hybridized carbons (Fsp3) is 0.100. The highest BCUT2D eigenvalue weighted by Crippen LogP contribution is 2.32. The summed E-state index contributed by atoms with van der Waals surface area (Å²) in [4.78, 5) is 17.1. The second-order valence-electron chi connectivity index (χ2n) is 6.01. The number of nitrogens with zero attached hydrogens (tertiary/aromatic N) is 2. The molecule has 2 heterocycles. The number of rotatable bonds is 2. The topological polar surface area (TPSA) is 46.4 Å². The van der Waals surface area contributed by atoms with E-state index in [1.54, 1.807) is 18.2 Å². The Hall–Kier alpha value is -2.86. The lowest BCUT2D eigenvalue weighted by atomic mass is 10.1. The summed E-state index contributed by atoms with van der Waals surface area (Å²) in [7, 11) is 2.01. The minimum Gasteiger partial charge on any atom is -0.347 e. The largest absolute Gasteiger partial charge is 0.347 e. The van der Waals surface area contributed by atoms with Crippen LogP contribution in [0.3, 0.4) is 0 Å². The third kappa shape index (κ3) is 2.82. The molecule has 1 saturated heterocycles. The zero-order valence-electron chi connectivity index (χ0n) is 14.3. The van der Waals surface area contributed by atoms with Gasteiger partial charge in [0.15, 0.2) is 5.17 Å². The molecule has 0 radical (unpaired) electrons. The molecule has 4 rings (SSSR count). The highest BCUT2D eigenvalue weighted by atomic mass is 32.2. The Morgan fingerprint density at radius 1 is 1.15 bits per heavy atom. The molecule has 6 heteroatoms. The zero-order chi connectivity index (χ0) is 18.3. The summed E-state index contributed by atoms with van der Waals surface area (Å²) in [5.74, 6) is -0.644. The van der Waals surface area contributed by atoms with Crippen LogP contribution in [0.1, 0.15) is 11.3 Å². The van der Waals surface area contributed by atoms with Gasteiger partial charge in [-0.25, -0.2) is 9.38 Å². The van der Waals surface area contributed by atoms with E-state index in [9.17, 15) is 9.18 Å². The maximum Gasteiger partial charge on any atom is 0.264 e. The average Bonchev–Trinajstić information content (AvgIpc) is 3.10. The molecule has 1 aliphatic rings. The van der Waals surface area contributed by atoms with E-state index in [1.807, 2.05) is 38.2 Å². The molecule has 1 fully saturated rings. The molecular weight excluding hydrogens is 349 g/mol. The third-order valence-electron chi connectivity index (χ3n) is 4.45. The van der Waals surface area contributed by atoms with Gasteiger partial charge in [-0.15, -0.1) is 0 Å². The van der Waals surface area contributed by atoms with Gasteiger partial charge in [0.1, 0.15) is 11.5 Å². The minimum atomic E-state index is -0.419. The smallest absolute Gasteiger partial charge is 0.264 e. The number of hydrogen-bond donors (Lipinski definition) is 1. The lowest BCUT2D eigenvalue weighted by Crippen LogP contribution is -2.19. The number of carbonyl (C=O) groups excluding carboxylic acids is 1. The summed E-state index contributed by atoms with van der Waals surface area (Å²) in [6.45, 7) is 2.03. The van der Waals surface area contributed by atoms with Gasteiger partial charge in [-0.1, -0.05) is 30.3 Å². The van der Waals surface area contributed by atoms with E-state index in [4.69, 9.17) is 0 Å². The molecule has 0 bridgehead atoms. The first kappa shape index (κ1) is 16.6. The maximum absolute atomic E-state index is 13.8. The summed E-state index contributed by atoms with van der Waals surface area (Å²) in [5.41, 5.74) is 3.40. The fourth-order valence-corrected chi connectivity index (χ4v) is 3.81. The first-order chi connectivity index (χ1) is 12.5. The molecule has 0 unspecified atom stereocenters. The van der Waals surface area contributed by atoms with Crippen molar-refractivity contribution >= 4 is 45.5 Å². The van der Waals surface area contributed by atoms with Gasteiger partial charge in [0.2, 0.25) is 0 Å². The lowest BCUT2D eigenvalue weighted by Gasteiger charge is -1.98. The molecule has 0 aliphatic carbocycles. The highest BCUT2D eigenvalue weighted by molar-refractivity contribution is 8.18. The average molecular weight is 365 g/mol. The Bertz CT molecular complexity index is 1100. The van der Waals surface area contributed by atoms with Gasteiger partial charge in [-0.05, 0) is 43.0 Å². The molecule has 1 amide bonds. The number of halogens is 1. The molecule has 0 spiro atoms. The minimum absolute atomic E-state index is 0.206. The van der Waals surface area contributed by atoms with E-state index >= 15 is 0 Å². The van der Waals surface area contributed by atoms with Gasteiger partial charge in [-0.3, -0.25) is 4.79 Å². The summed E-state index contributed by atoms with van der Waals surface area (Å²) in [6, 6.07) is 14.3. The van der Waals surface area contributed by atoms with Gasteiger partial charge in [0.05, 0.1) is 4.91 Å². The number of fused-ring (bicyclic) bond motifs is 1. The van der Waals surface area contributed by atoms with Gasteiger partial charge in [0.25, 0.3) is 5.91 Å². The molecule has 1 N–H and O–H groups in total. The van der Waals surface area contributed by atoms with Crippen molar-refractivity contribution in [2.75, 3.05) is 0 Å². The summed E-state index contributed by atoms with van der Waals surface area (Å²) >= 11 is 1.22. The second-order valence-corrected chi connectivity index (χ2v) is 7.04. The highest BCUT2D eigenvalue weighted by Gasteiger charge is 2.25. The zero-order valence-corrected chi connectivity index (χ0v) is 15.1. The molecule has 0 saturated carbocycles. The first-order valence-electron chi connectivity index (χ1n) is 8.13. The maximum atomic E-state index is 13.8. The van der Waals surface area contributed by atoms with Crippen molar-refractivity contribution < 1.29 is 9.18 Å². The van der Waals surface area contributed by atoms with Crippen molar-refractivity contribution in [1.82, 2.24) is 9.88 Å². The van der Waals surface area contributed by atoms with Crippen molar-refractivity contribution in [1.29, 1.82) is 0 Å². The van der Waals surface area contributed by atoms with Crippen LogP contribution in [0.15, 0.2) is 58.4 Å². The predicted octanol–water partition coefficient (Wildman–Crippen LogP) is 4.52. The molecule has 1 aliphatic heterocycles. The van der Waals surface area contributed by atoms with E-state index in [1.165, 1.54) is 17.8 Å². The van der Waals surface area contributed by atoms with Crippen LogP contribution in [0.25, 0.3) is 17.0 Å². The SMILES string of the molecule is Cc1c(/C=C2\SC(=Nc3ccccc3F)NC2=O)c2ccccc2n1C. The summed E-state index contributed by atoms with van der Waals surface area (Å²) < 4.78 is 15.9. The van der Waals surface area contributed by atoms with Crippen molar-refractivity contribution in [3.63, 3.8) is 0 Å². The van der Waals surface area contributed by atoms with Gasteiger partial charge in [0, 0.05) is 29.2 Å². The molecule has 130 valence electrons. The van der Waals surface area contributed by atoms with Crippen LogP contribution in [-0.2, 0) is 11.8 Å². The Labute approximate surface area is 154 Å². The van der Waals surface area contributed by atoms with Crippen LogP contribution in [0.5, 0.6) is 0 Å². The number of para-hydroxylation sites is 2. The van der Waals surface area contributed by atoms with Crippen molar-refractivity contribution in [3.05, 3.63) is 70.5 Å². The Morgan fingerprint density at radius 3 is 2.69 bits per heavy atom. The van der Waals surface area contributed by atoms with E-state index in [0.29, 0.717) is 10.1 Å². The second kappa shape index (κ2) is 6.46. The van der Waals surface area contributed by atoms with Gasteiger partial charge >= 0.3 is 0 Å². The molecule has 26 heavy (non-hydrogen) atoms. The molecule has 1 aromatic heterocycles. The van der Waals surface area contributed by atoms with Crippen LogP contribution in [-0.4, -0.2) is 15.6 Å². The number of benzene rings is 2. The molecular formula is C20H16FN3OS. The van der Waals surface area contributed by atoms with Crippen LogP contribution >= 0.6 is 11.8 Å². The first-order valence-corrected chi connectivity index (χ1v) is 8.94. The quantitative estimate of drug-likeness (QED) is 0.679. The number of aryl methyl sites for hydroxylation is 1. The lowest BCUT2D eigenvalue weighted by molar-refractivity contribution is -0.115.